The zero-order chi connectivity index (χ0) is 11.6. The van der Waals surface area contributed by atoms with E-state index in [1.807, 2.05) is 0 Å². The summed E-state index contributed by atoms with van der Waals surface area (Å²) in [5.74, 6) is -3.92. The van der Waals surface area contributed by atoms with Crippen molar-refractivity contribution >= 4 is 5.97 Å². The van der Waals surface area contributed by atoms with E-state index in [1.165, 1.54) is 0 Å². The Kier molecular flexibility index (Phi) is 3.21. The molecule has 6 heteroatoms. The lowest BCUT2D eigenvalue weighted by Crippen LogP contribution is -2.32. The summed E-state index contributed by atoms with van der Waals surface area (Å²) in [6, 6.07) is 0.0264. The highest BCUT2D eigenvalue weighted by molar-refractivity contribution is 5.73. The number of hydrogen-bond donors (Lipinski definition) is 3. The number of aromatic hydroxyl groups is 1. The van der Waals surface area contributed by atoms with Gasteiger partial charge in [-0.05, 0) is 0 Å². The topological polar surface area (TPSA) is 83.5 Å². The van der Waals surface area contributed by atoms with Gasteiger partial charge in [0.2, 0.25) is 0 Å². The summed E-state index contributed by atoms with van der Waals surface area (Å²) in [4.78, 5) is 10.4. The third-order valence-corrected chi connectivity index (χ3v) is 1.87. The number of carboxylic acids is 1. The third kappa shape index (κ3) is 2.63. The third-order valence-electron chi connectivity index (χ3n) is 1.87. The Morgan fingerprint density at radius 1 is 1.40 bits per heavy atom. The van der Waals surface area contributed by atoms with E-state index in [0.717, 1.165) is 0 Å². The van der Waals surface area contributed by atoms with Crippen molar-refractivity contribution in [1.82, 2.24) is 0 Å². The lowest BCUT2D eigenvalue weighted by Gasteiger charge is -2.08. The highest BCUT2D eigenvalue weighted by atomic mass is 19.1. The standard InChI is InChI=1S/C9H9F2NO3/c10-6-1-4(13)2-7(11)5(6)3-8(12)9(14)15/h1-2,8,13H,3,12H2,(H,14,15)/t8-/m1/s1. The first-order valence-electron chi connectivity index (χ1n) is 4.07. The Morgan fingerprint density at radius 2 is 1.87 bits per heavy atom. The Morgan fingerprint density at radius 3 is 2.27 bits per heavy atom. The van der Waals surface area contributed by atoms with Gasteiger partial charge >= 0.3 is 5.97 Å². The Labute approximate surface area is 83.9 Å². The van der Waals surface area contributed by atoms with Crippen LogP contribution in [0.3, 0.4) is 0 Å². The van der Waals surface area contributed by atoms with Crippen LogP contribution in [0.4, 0.5) is 8.78 Å². The minimum atomic E-state index is -1.38. The van der Waals surface area contributed by atoms with Crippen molar-refractivity contribution in [2.24, 2.45) is 5.73 Å². The van der Waals surface area contributed by atoms with Gasteiger partial charge in [-0.15, -0.1) is 0 Å². The second kappa shape index (κ2) is 4.22. The molecule has 1 atom stereocenters. The van der Waals surface area contributed by atoms with E-state index < -0.39 is 41.4 Å². The van der Waals surface area contributed by atoms with Gasteiger partial charge in [0.05, 0.1) is 0 Å². The predicted octanol–water partition coefficient (Wildman–Crippen LogP) is 0.625. The van der Waals surface area contributed by atoms with E-state index in [1.54, 1.807) is 0 Å². The Balaban J connectivity index is 3.00. The summed E-state index contributed by atoms with van der Waals surface area (Å²) >= 11 is 0. The number of halogens is 2. The van der Waals surface area contributed by atoms with E-state index >= 15 is 0 Å². The maximum Gasteiger partial charge on any atom is 0.320 e. The van der Waals surface area contributed by atoms with Gasteiger partial charge in [0, 0.05) is 24.1 Å². The molecule has 0 saturated heterocycles. The van der Waals surface area contributed by atoms with Crippen LogP contribution in [-0.2, 0) is 11.2 Å². The number of benzene rings is 1. The number of carboxylic acid groups (broad SMARTS) is 1. The van der Waals surface area contributed by atoms with Crippen molar-refractivity contribution in [3.05, 3.63) is 29.3 Å². The molecule has 0 amide bonds. The van der Waals surface area contributed by atoms with Crippen LogP contribution in [-0.4, -0.2) is 22.2 Å². The van der Waals surface area contributed by atoms with Crippen molar-refractivity contribution < 1.29 is 23.8 Å². The summed E-state index contributed by atoms with van der Waals surface area (Å²) in [7, 11) is 0. The number of phenols is 1. The zero-order valence-corrected chi connectivity index (χ0v) is 7.58. The molecule has 0 aromatic heterocycles. The first kappa shape index (κ1) is 11.4. The molecular weight excluding hydrogens is 208 g/mol. The first-order valence-corrected chi connectivity index (χ1v) is 4.07. The van der Waals surface area contributed by atoms with Crippen molar-refractivity contribution in [1.29, 1.82) is 0 Å². The second-order valence-electron chi connectivity index (χ2n) is 3.04. The number of rotatable bonds is 3. The van der Waals surface area contributed by atoms with Gasteiger partial charge in [0.25, 0.3) is 0 Å². The Bertz CT molecular complexity index is 372. The van der Waals surface area contributed by atoms with Crippen molar-refractivity contribution in [3.63, 3.8) is 0 Å². The van der Waals surface area contributed by atoms with E-state index in [2.05, 4.69) is 0 Å². The molecule has 0 aliphatic heterocycles. The van der Waals surface area contributed by atoms with Gasteiger partial charge in [-0.1, -0.05) is 0 Å². The highest BCUT2D eigenvalue weighted by Gasteiger charge is 2.18. The minimum absolute atomic E-state index is 0.442. The van der Waals surface area contributed by atoms with Crippen LogP contribution in [0.2, 0.25) is 0 Å². The van der Waals surface area contributed by atoms with Crippen molar-refractivity contribution in [3.8, 4) is 5.75 Å². The molecule has 0 heterocycles. The molecule has 82 valence electrons. The van der Waals surface area contributed by atoms with Crippen molar-refractivity contribution in [2.75, 3.05) is 0 Å². The van der Waals surface area contributed by atoms with Gasteiger partial charge in [-0.2, -0.15) is 0 Å². The highest BCUT2D eigenvalue weighted by Crippen LogP contribution is 2.20. The molecule has 15 heavy (non-hydrogen) atoms. The number of carbonyl (C=O) groups is 1. The van der Waals surface area contributed by atoms with Crippen LogP contribution >= 0.6 is 0 Å². The monoisotopic (exact) mass is 217 g/mol. The van der Waals surface area contributed by atoms with E-state index in [-0.39, 0.29) is 0 Å². The average molecular weight is 217 g/mol. The maximum atomic E-state index is 13.1. The molecule has 4 nitrogen and oxygen atoms in total. The Hall–Kier alpha value is -1.69. The lowest BCUT2D eigenvalue weighted by atomic mass is 10.1. The molecular formula is C9H9F2NO3. The molecule has 0 spiro atoms. The molecule has 0 aliphatic rings. The summed E-state index contributed by atoms with van der Waals surface area (Å²) in [5.41, 5.74) is 4.69. The molecule has 0 bridgehead atoms. The fourth-order valence-electron chi connectivity index (χ4n) is 1.09. The number of hydrogen-bond acceptors (Lipinski definition) is 3. The summed E-state index contributed by atoms with van der Waals surface area (Å²) < 4.78 is 26.2. The zero-order valence-electron chi connectivity index (χ0n) is 7.58. The summed E-state index contributed by atoms with van der Waals surface area (Å²) in [6.07, 6.45) is -0.465. The quantitative estimate of drug-likeness (QED) is 0.693. The predicted molar refractivity (Wildman–Crippen MR) is 47.3 cm³/mol. The molecule has 0 fully saturated rings. The normalized spacial score (nSPS) is 12.5. The van der Waals surface area contributed by atoms with Crippen LogP contribution in [0.1, 0.15) is 5.56 Å². The molecule has 1 aromatic rings. The number of nitrogens with two attached hydrogens (primary N) is 1. The molecule has 0 radical (unpaired) electrons. The molecule has 1 aromatic carbocycles. The van der Waals surface area contributed by atoms with Crippen LogP contribution in [0, 0.1) is 11.6 Å². The van der Waals surface area contributed by atoms with Gasteiger partial charge in [-0.25, -0.2) is 8.78 Å². The summed E-state index contributed by atoms with van der Waals surface area (Å²) in [5, 5.41) is 17.3. The van der Waals surface area contributed by atoms with E-state index in [0.29, 0.717) is 12.1 Å². The number of phenolic OH excluding ortho intramolecular Hbond substituents is 1. The molecule has 1 rings (SSSR count). The first-order chi connectivity index (χ1) is 6.91. The van der Waals surface area contributed by atoms with Gasteiger partial charge < -0.3 is 15.9 Å². The van der Waals surface area contributed by atoms with Crippen molar-refractivity contribution in [2.45, 2.75) is 12.5 Å². The van der Waals surface area contributed by atoms with Gasteiger partial charge in [-0.3, -0.25) is 4.79 Å². The second-order valence-corrected chi connectivity index (χ2v) is 3.04. The molecule has 4 N–H and O–H groups in total. The largest absolute Gasteiger partial charge is 0.508 e. The minimum Gasteiger partial charge on any atom is -0.508 e. The molecule has 0 unspecified atom stereocenters. The van der Waals surface area contributed by atoms with Crippen LogP contribution in [0.15, 0.2) is 12.1 Å². The summed E-state index contributed by atoms with van der Waals surface area (Å²) in [6.45, 7) is 0. The van der Waals surface area contributed by atoms with Gasteiger partial charge in [0.15, 0.2) is 0 Å². The van der Waals surface area contributed by atoms with Gasteiger partial charge in [0.1, 0.15) is 23.4 Å². The fraction of sp³-hybridized carbons (Fsp3) is 0.222. The van der Waals surface area contributed by atoms with Crippen LogP contribution in [0.25, 0.3) is 0 Å². The maximum absolute atomic E-state index is 13.1. The lowest BCUT2D eigenvalue weighted by molar-refractivity contribution is -0.138. The van der Waals surface area contributed by atoms with E-state index in [4.69, 9.17) is 15.9 Å². The SMILES string of the molecule is N[C@H](Cc1c(F)cc(O)cc1F)C(=O)O. The molecule has 0 aliphatic carbocycles. The smallest absolute Gasteiger partial charge is 0.320 e. The van der Waals surface area contributed by atoms with Crippen LogP contribution < -0.4 is 5.73 Å². The average Bonchev–Trinajstić information content (AvgIpc) is 2.10. The molecule has 0 saturated carbocycles. The van der Waals surface area contributed by atoms with Crippen LogP contribution in [0.5, 0.6) is 5.75 Å². The van der Waals surface area contributed by atoms with E-state index in [9.17, 15) is 13.6 Å². The fourth-order valence-corrected chi connectivity index (χ4v) is 1.09. The number of aliphatic carboxylic acids is 1.